The molecule has 0 atom stereocenters. The number of methoxy groups -OCH3 is 1. The third-order valence-electron chi connectivity index (χ3n) is 2.95. The van der Waals surface area contributed by atoms with Crippen LogP contribution in [0.15, 0.2) is 18.2 Å². The first-order valence-electron chi connectivity index (χ1n) is 6.19. The SMILES string of the molecule is COC(=O)CCC(=O)c1cc(C(C)(C)C)ccc1O. The smallest absolute Gasteiger partial charge is 0.305 e. The summed E-state index contributed by atoms with van der Waals surface area (Å²) in [4.78, 5) is 23.0. The molecule has 0 heterocycles. The van der Waals surface area contributed by atoms with Crippen molar-refractivity contribution in [1.29, 1.82) is 0 Å². The number of rotatable bonds is 4. The molecule has 1 N–H and O–H groups in total. The number of phenols is 1. The number of ketones is 1. The Labute approximate surface area is 113 Å². The zero-order valence-corrected chi connectivity index (χ0v) is 11.8. The molecule has 0 bridgehead atoms. The van der Waals surface area contributed by atoms with E-state index in [9.17, 15) is 14.7 Å². The summed E-state index contributed by atoms with van der Waals surface area (Å²) in [5.41, 5.74) is 1.12. The lowest BCUT2D eigenvalue weighted by Crippen LogP contribution is -2.13. The molecule has 0 radical (unpaired) electrons. The van der Waals surface area contributed by atoms with Gasteiger partial charge in [0.25, 0.3) is 0 Å². The number of ether oxygens (including phenoxy) is 1. The number of Topliss-reactive ketones (excluding diaryl/α,β-unsaturated/α-hetero) is 1. The third-order valence-corrected chi connectivity index (χ3v) is 2.95. The molecule has 0 saturated heterocycles. The van der Waals surface area contributed by atoms with E-state index in [-0.39, 0.29) is 35.4 Å². The van der Waals surface area contributed by atoms with E-state index in [1.807, 2.05) is 20.8 Å². The summed E-state index contributed by atoms with van der Waals surface area (Å²) < 4.78 is 4.49. The van der Waals surface area contributed by atoms with E-state index in [2.05, 4.69) is 4.74 Å². The van der Waals surface area contributed by atoms with Crippen LogP contribution in [-0.2, 0) is 14.9 Å². The molecule has 1 aromatic rings. The Morgan fingerprint density at radius 1 is 1.21 bits per heavy atom. The van der Waals surface area contributed by atoms with Crippen LogP contribution in [0.5, 0.6) is 5.75 Å². The van der Waals surface area contributed by atoms with Gasteiger partial charge in [-0.15, -0.1) is 0 Å². The largest absolute Gasteiger partial charge is 0.507 e. The highest BCUT2D eigenvalue weighted by atomic mass is 16.5. The van der Waals surface area contributed by atoms with E-state index in [0.717, 1.165) is 5.56 Å². The Kier molecular flexibility index (Phi) is 4.70. The van der Waals surface area contributed by atoms with E-state index < -0.39 is 5.97 Å². The van der Waals surface area contributed by atoms with Gasteiger partial charge in [-0.25, -0.2) is 0 Å². The number of aromatic hydroxyl groups is 1. The Bertz CT molecular complexity index is 483. The van der Waals surface area contributed by atoms with E-state index in [1.165, 1.54) is 13.2 Å². The minimum Gasteiger partial charge on any atom is -0.507 e. The van der Waals surface area contributed by atoms with Crippen molar-refractivity contribution in [2.45, 2.75) is 39.0 Å². The summed E-state index contributed by atoms with van der Waals surface area (Å²) in [5.74, 6) is -0.739. The van der Waals surface area contributed by atoms with Gasteiger partial charge in [-0.05, 0) is 23.1 Å². The monoisotopic (exact) mass is 264 g/mol. The maximum atomic E-state index is 12.0. The van der Waals surface area contributed by atoms with Crippen LogP contribution in [0.25, 0.3) is 0 Å². The number of carbonyl (C=O) groups excluding carboxylic acids is 2. The van der Waals surface area contributed by atoms with Crippen LogP contribution < -0.4 is 0 Å². The van der Waals surface area contributed by atoms with Gasteiger partial charge < -0.3 is 9.84 Å². The third kappa shape index (κ3) is 4.09. The maximum absolute atomic E-state index is 12.0. The first-order valence-corrected chi connectivity index (χ1v) is 6.19. The van der Waals surface area contributed by atoms with E-state index >= 15 is 0 Å². The van der Waals surface area contributed by atoms with E-state index in [1.54, 1.807) is 12.1 Å². The lowest BCUT2D eigenvalue weighted by atomic mass is 9.85. The minimum atomic E-state index is -0.431. The lowest BCUT2D eigenvalue weighted by Gasteiger charge is -2.20. The summed E-state index contributed by atoms with van der Waals surface area (Å²) in [5, 5.41) is 9.76. The molecule has 0 aromatic heterocycles. The summed E-state index contributed by atoms with van der Waals surface area (Å²) in [6.45, 7) is 6.09. The Morgan fingerprint density at radius 2 is 1.84 bits per heavy atom. The standard InChI is InChI=1S/C15H20O4/c1-15(2,3)10-5-6-12(16)11(9-10)13(17)7-8-14(18)19-4/h5-6,9,16H,7-8H2,1-4H3. The van der Waals surface area contributed by atoms with E-state index in [0.29, 0.717) is 0 Å². The normalized spacial score (nSPS) is 11.2. The average Bonchev–Trinajstić information content (AvgIpc) is 2.34. The Morgan fingerprint density at radius 3 is 2.37 bits per heavy atom. The van der Waals surface area contributed by atoms with Crippen LogP contribution in [0.1, 0.15) is 49.5 Å². The minimum absolute atomic E-state index is 0.0223. The van der Waals surface area contributed by atoms with Crippen LogP contribution in [0.4, 0.5) is 0 Å². The maximum Gasteiger partial charge on any atom is 0.305 e. The molecule has 0 fully saturated rings. The Hall–Kier alpha value is -1.84. The highest BCUT2D eigenvalue weighted by Gasteiger charge is 2.19. The number of carbonyl (C=O) groups is 2. The molecule has 19 heavy (non-hydrogen) atoms. The van der Waals surface area contributed by atoms with Crippen molar-refractivity contribution in [3.8, 4) is 5.75 Å². The predicted octanol–water partition coefficient (Wildman–Crippen LogP) is 2.83. The topological polar surface area (TPSA) is 63.6 Å². The molecule has 1 aromatic carbocycles. The van der Waals surface area contributed by atoms with Crippen LogP contribution in [0.3, 0.4) is 0 Å². The van der Waals surface area contributed by atoms with Crippen molar-refractivity contribution in [1.82, 2.24) is 0 Å². The van der Waals surface area contributed by atoms with Gasteiger partial charge >= 0.3 is 5.97 Å². The summed E-state index contributed by atoms with van der Waals surface area (Å²) in [7, 11) is 1.28. The highest BCUT2D eigenvalue weighted by molar-refractivity contribution is 6.00. The number of hydrogen-bond acceptors (Lipinski definition) is 4. The van der Waals surface area contributed by atoms with Crippen LogP contribution in [0.2, 0.25) is 0 Å². The first kappa shape index (κ1) is 15.2. The summed E-state index contributed by atoms with van der Waals surface area (Å²) in [6, 6.07) is 5.01. The van der Waals surface area contributed by atoms with Crippen molar-refractivity contribution in [3.63, 3.8) is 0 Å². The molecule has 0 aliphatic rings. The summed E-state index contributed by atoms with van der Waals surface area (Å²) >= 11 is 0. The van der Waals surface area contributed by atoms with Crippen LogP contribution >= 0.6 is 0 Å². The molecule has 0 aliphatic heterocycles. The Balaban J connectivity index is 2.93. The molecule has 4 nitrogen and oxygen atoms in total. The van der Waals surface area contributed by atoms with Gasteiger partial charge in [-0.1, -0.05) is 26.8 Å². The van der Waals surface area contributed by atoms with Crippen LogP contribution in [-0.4, -0.2) is 24.0 Å². The second kappa shape index (κ2) is 5.87. The first-order chi connectivity index (χ1) is 8.75. The van der Waals surface area contributed by atoms with Gasteiger partial charge in [0.1, 0.15) is 5.75 Å². The fourth-order valence-corrected chi connectivity index (χ4v) is 1.68. The number of esters is 1. The van der Waals surface area contributed by atoms with Gasteiger partial charge in [0.05, 0.1) is 19.1 Å². The molecule has 0 amide bonds. The molecule has 0 spiro atoms. The second-order valence-corrected chi connectivity index (χ2v) is 5.48. The molecule has 1 rings (SSSR count). The molecular weight excluding hydrogens is 244 g/mol. The quantitative estimate of drug-likeness (QED) is 0.671. The van der Waals surface area contributed by atoms with Crippen molar-refractivity contribution >= 4 is 11.8 Å². The van der Waals surface area contributed by atoms with Gasteiger partial charge in [0.2, 0.25) is 0 Å². The predicted molar refractivity (Wildman–Crippen MR) is 72.4 cm³/mol. The molecule has 4 heteroatoms. The van der Waals surface area contributed by atoms with Crippen molar-refractivity contribution in [3.05, 3.63) is 29.3 Å². The molecule has 0 unspecified atom stereocenters. The van der Waals surface area contributed by atoms with Crippen LogP contribution in [0, 0.1) is 0 Å². The van der Waals surface area contributed by atoms with Gasteiger partial charge in [0.15, 0.2) is 5.78 Å². The average molecular weight is 264 g/mol. The van der Waals surface area contributed by atoms with Crippen molar-refractivity contribution < 1.29 is 19.4 Å². The zero-order chi connectivity index (χ0) is 14.6. The number of phenolic OH excluding ortho intramolecular Hbond substituents is 1. The second-order valence-electron chi connectivity index (χ2n) is 5.48. The highest BCUT2D eigenvalue weighted by Crippen LogP contribution is 2.28. The lowest BCUT2D eigenvalue weighted by molar-refractivity contribution is -0.140. The van der Waals surface area contributed by atoms with Gasteiger partial charge in [-0.3, -0.25) is 9.59 Å². The fourth-order valence-electron chi connectivity index (χ4n) is 1.68. The molecule has 0 aliphatic carbocycles. The van der Waals surface area contributed by atoms with Gasteiger partial charge in [0, 0.05) is 6.42 Å². The van der Waals surface area contributed by atoms with E-state index in [4.69, 9.17) is 0 Å². The molecule has 104 valence electrons. The fraction of sp³-hybridized carbons (Fsp3) is 0.467. The molecular formula is C15H20O4. The van der Waals surface area contributed by atoms with Crippen molar-refractivity contribution in [2.24, 2.45) is 0 Å². The number of benzene rings is 1. The molecule has 0 saturated carbocycles. The summed E-state index contributed by atoms with van der Waals surface area (Å²) in [6.07, 6.45) is 0.0579. The van der Waals surface area contributed by atoms with Crippen molar-refractivity contribution in [2.75, 3.05) is 7.11 Å². The zero-order valence-electron chi connectivity index (χ0n) is 11.8. The number of hydrogen-bond donors (Lipinski definition) is 1. The van der Waals surface area contributed by atoms with Gasteiger partial charge in [-0.2, -0.15) is 0 Å².